The number of anilines is 1. The molecule has 30 heavy (non-hydrogen) atoms. The summed E-state index contributed by atoms with van der Waals surface area (Å²) in [5.41, 5.74) is 12.3. The highest BCUT2D eigenvalue weighted by Crippen LogP contribution is 2.29. The number of benzene rings is 3. The third-order valence-corrected chi connectivity index (χ3v) is 5.48. The van der Waals surface area contributed by atoms with E-state index in [-0.39, 0.29) is 0 Å². The summed E-state index contributed by atoms with van der Waals surface area (Å²) in [5.74, 6) is 0. The Hall–Kier alpha value is -3.63. The van der Waals surface area contributed by atoms with E-state index in [0.717, 1.165) is 41.4 Å². The maximum atomic E-state index is 6.11. The largest absolute Gasteiger partial charge is 0.398 e. The van der Waals surface area contributed by atoms with Crippen LogP contribution in [0.2, 0.25) is 0 Å². The first-order chi connectivity index (χ1) is 14.7. The lowest BCUT2D eigenvalue weighted by Gasteiger charge is -2.18. The van der Waals surface area contributed by atoms with E-state index in [0.29, 0.717) is 0 Å². The number of hydrogen-bond donors (Lipinski definition) is 1. The standard InChI is InChI=1S/C26H24N4/c1-29(16-19-7-3-2-4-8-19)18-24-26(28-25-14-13-23(27)17-30(24)25)22-12-11-20-9-5-6-10-21(20)15-22/h2-15,17H,16,18,27H2,1H3. The molecule has 3 aromatic carbocycles. The van der Waals surface area contributed by atoms with Crippen molar-refractivity contribution in [2.24, 2.45) is 0 Å². The fourth-order valence-electron chi connectivity index (χ4n) is 4.04. The normalized spacial score (nSPS) is 11.5. The van der Waals surface area contributed by atoms with Crippen LogP contribution >= 0.6 is 0 Å². The minimum atomic E-state index is 0.733. The number of rotatable bonds is 5. The maximum absolute atomic E-state index is 6.11. The van der Waals surface area contributed by atoms with Gasteiger partial charge in [-0.25, -0.2) is 4.98 Å². The molecule has 2 N–H and O–H groups in total. The Morgan fingerprint density at radius 2 is 1.60 bits per heavy atom. The van der Waals surface area contributed by atoms with Crippen LogP contribution in [0.1, 0.15) is 11.3 Å². The number of imidazole rings is 1. The minimum absolute atomic E-state index is 0.733. The fourth-order valence-corrected chi connectivity index (χ4v) is 4.04. The smallest absolute Gasteiger partial charge is 0.137 e. The average Bonchev–Trinajstić information content (AvgIpc) is 3.11. The minimum Gasteiger partial charge on any atom is -0.398 e. The molecular weight excluding hydrogens is 368 g/mol. The molecule has 5 rings (SSSR count). The van der Waals surface area contributed by atoms with Gasteiger partial charge < -0.3 is 10.1 Å². The van der Waals surface area contributed by atoms with E-state index in [1.54, 1.807) is 0 Å². The van der Waals surface area contributed by atoms with Gasteiger partial charge in [0.15, 0.2) is 0 Å². The molecule has 0 aliphatic rings. The van der Waals surface area contributed by atoms with E-state index < -0.39 is 0 Å². The third kappa shape index (κ3) is 3.53. The molecule has 0 unspecified atom stereocenters. The van der Waals surface area contributed by atoms with Gasteiger partial charge in [0.2, 0.25) is 0 Å². The third-order valence-electron chi connectivity index (χ3n) is 5.48. The van der Waals surface area contributed by atoms with E-state index in [1.165, 1.54) is 16.3 Å². The number of hydrogen-bond acceptors (Lipinski definition) is 3. The molecule has 0 amide bonds. The lowest BCUT2D eigenvalue weighted by Crippen LogP contribution is -2.18. The molecule has 2 heterocycles. The molecule has 5 aromatic rings. The zero-order chi connectivity index (χ0) is 20.5. The van der Waals surface area contributed by atoms with Crippen LogP contribution in [0.3, 0.4) is 0 Å². The number of nitrogen functional groups attached to an aromatic ring is 1. The molecule has 0 bridgehead atoms. The highest BCUT2D eigenvalue weighted by atomic mass is 15.1. The second-order valence-electron chi connectivity index (χ2n) is 7.82. The van der Waals surface area contributed by atoms with Crippen LogP contribution in [0.5, 0.6) is 0 Å². The van der Waals surface area contributed by atoms with Gasteiger partial charge in [-0.2, -0.15) is 0 Å². The zero-order valence-corrected chi connectivity index (χ0v) is 17.0. The van der Waals surface area contributed by atoms with E-state index in [2.05, 4.69) is 89.1 Å². The quantitative estimate of drug-likeness (QED) is 0.437. The summed E-state index contributed by atoms with van der Waals surface area (Å²) < 4.78 is 2.13. The van der Waals surface area contributed by atoms with Crippen LogP contribution in [0.4, 0.5) is 5.69 Å². The molecule has 4 heteroatoms. The lowest BCUT2D eigenvalue weighted by molar-refractivity contribution is 0.314. The summed E-state index contributed by atoms with van der Waals surface area (Å²) >= 11 is 0. The Balaban J connectivity index is 1.58. The first-order valence-corrected chi connectivity index (χ1v) is 10.2. The van der Waals surface area contributed by atoms with Crippen molar-refractivity contribution in [1.29, 1.82) is 0 Å². The first kappa shape index (κ1) is 18.4. The van der Waals surface area contributed by atoms with Gasteiger partial charge in [-0.1, -0.05) is 66.7 Å². The highest BCUT2D eigenvalue weighted by Gasteiger charge is 2.16. The van der Waals surface area contributed by atoms with Crippen molar-refractivity contribution in [2.45, 2.75) is 13.1 Å². The SMILES string of the molecule is CN(Cc1ccccc1)Cc1c(-c2ccc3ccccc3c2)nc2ccc(N)cn12. The van der Waals surface area contributed by atoms with Crippen LogP contribution < -0.4 is 5.73 Å². The molecular formula is C26H24N4. The number of nitrogens with zero attached hydrogens (tertiary/aromatic N) is 3. The Kier molecular flexibility index (Phi) is 4.69. The van der Waals surface area contributed by atoms with Crippen LogP contribution in [-0.4, -0.2) is 21.3 Å². The van der Waals surface area contributed by atoms with Crippen molar-refractivity contribution in [3.63, 3.8) is 0 Å². The Bertz CT molecular complexity index is 1320. The van der Waals surface area contributed by atoms with E-state index >= 15 is 0 Å². The second kappa shape index (κ2) is 7.65. The Morgan fingerprint density at radius 3 is 2.43 bits per heavy atom. The number of fused-ring (bicyclic) bond motifs is 2. The maximum Gasteiger partial charge on any atom is 0.137 e. The molecule has 0 saturated carbocycles. The predicted molar refractivity (Wildman–Crippen MR) is 124 cm³/mol. The summed E-state index contributed by atoms with van der Waals surface area (Å²) in [4.78, 5) is 7.28. The van der Waals surface area contributed by atoms with Crippen molar-refractivity contribution in [3.05, 3.63) is 102 Å². The Morgan fingerprint density at radius 1 is 0.833 bits per heavy atom. The first-order valence-electron chi connectivity index (χ1n) is 10.2. The molecule has 0 radical (unpaired) electrons. The zero-order valence-electron chi connectivity index (χ0n) is 17.0. The van der Waals surface area contributed by atoms with Crippen molar-refractivity contribution >= 4 is 22.1 Å². The molecule has 0 aliphatic carbocycles. The summed E-state index contributed by atoms with van der Waals surface area (Å²) in [6.07, 6.45) is 1.97. The van der Waals surface area contributed by atoms with Crippen molar-refractivity contribution in [2.75, 3.05) is 12.8 Å². The number of nitrogens with two attached hydrogens (primary N) is 1. The molecule has 2 aromatic heterocycles. The summed E-state index contributed by atoms with van der Waals surface area (Å²) in [5, 5.41) is 2.45. The van der Waals surface area contributed by atoms with Gasteiger partial charge in [-0.15, -0.1) is 0 Å². The topological polar surface area (TPSA) is 46.6 Å². The van der Waals surface area contributed by atoms with Crippen molar-refractivity contribution in [1.82, 2.24) is 14.3 Å². The molecule has 4 nitrogen and oxygen atoms in total. The second-order valence-corrected chi connectivity index (χ2v) is 7.82. The van der Waals surface area contributed by atoms with Crippen LogP contribution in [0, 0.1) is 0 Å². The van der Waals surface area contributed by atoms with E-state index in [1.807, 2.05) is 18.3 Å². The van der Waals surface area contributed by atoms with Gasteiger partial charge in [0.1, 0.15) is 5.65 Å². The van der Waals surface area contributed by atoms with Crippen molar-refractivity contribution < 1.29 is 0 Å². The number of pyridine rings is 1. The van der Waals surface area contributed by atoms with Gasteiger partial charge >= 0.3 is 0 Å². The van der Waals surface area contributed by atoms with Crippen LogP contribution in [0.25, 0.3) is 27.7 Å². The van der Waals surface area contributed by atoms with Gasteiger partial charge in [-0.05, 0) is 41.6 Å². The summed E-state index contributed by atoms with van der Waals surface area (Å²) in [6, 6.07) is 29.4. The van der Waals surface area contributed by atoms with Crippen LogP contribution in [0.15, 0.2) is 91.1 Å². The highest BCUT2D eigenvalue weighted by molar-refractivity contribution is 5.87. The molecule has 0 atom stereocenters. The number of aromatic nitrogens is 2. The summed E-state index contributed by atoms with van der Waals surface area (Å²) in [7, 11) is 2.14. The summed E-state index contributed by atoms with van der Waals surface area (Å²) in [6.45, 7) is 1.63. The lowest BCUT2D eigenvalue weighted by atomic mass is 10.0. The van der Waals surface area contributed by atoms with E-state index in [9.17, 15) is 0 Å². The predicted octanol–water partition coefficient (Wildman–Crippen LogP) is 5.37. The van der Waals surface area contributed by atoms with Crippen LogP contribution in [-0.2, 0) is 13.1 Å². The van der Waals surface area contributed by atoms with Crippen molar-refractivity contribution in [3.8, 4) is 11.3 Å². The molecule has 0 aliphatic heterocycles. The van der Waals surface area contributed by atoms with E-state index in [4.69, 9.17) is 10.7 Å². The van der Waals surface area contributed by atoms with Gasteiger partial charge in [0.05, 0.1) is 11.4 Å². The average molecular weight is 393 g/mol. The molecule has 0 spiro atoms. The van der Waals surface area contributed by atoms with Gasteiger partial charge in [0.25, 0.3) is 0 Å². The molecule has 0 saturated heterocycles. The van der Waals surface area contributed by atoms with Gasteiger partial charge in [0, 0.05) is 30.5 Å². The Labute approximate surface area is 176 Å². The fraction of sp³-hybridized carbons (Fsp3) is 0.115. The molecule has 148 valence electrons. The monoisotopic (exact) mass is 392 g/mol. The molecule has 0 fully saturated rings. The van der Waals surface area contributed by atoms with Gasteiger partial charge in [-0.3, -0.25) is 4.90 Å².